The number of ether oxygens (including phenoxy) is 2. The number of nitrogens with zero attached hydrogens (tertiary/aromatic N) is 3. The van der Waals surface area contributed by atoms with E-state index in [0.717, 1.165) is 11.4 Å². The Bertz CT molecular complexity index is 1010. The zero-order chi connectivity index (χ0) is 21.2. The molecular formula is C19H24N4O5S. The molecule has 1 saturated heterocycles. The summed E-state index contributed by atoms with van der Waals surface area (Å²) in [6.07, 6.45) is 0.957. The van der Waals surface area contributed by atoms with Gasteiger partial charge in [-0.3, -0.25) is 4.79 Å². The number of aromatic nitrogens is 2. The summed E-state index contributed by atoms with van der Waals surface area (Å²) in [5.41, 5.74) is 6.93. The molecule has 1 fully saturated rings. The fourth-order valence-corrected chi connectivity index (χ4v) is 4.84. The van der Waals surface area contributed by atoms with Crippen LogP contribution in [0.25, 0.3) is 0 Å². The highest BCUT2D eigenvalue weighted by molar-refractivity contribution is 7.89. The Hall–Kier alpha value is -2.72. The van der Waals surface area contributed by atoms with Crippen molar-refractivity contribution in [1.29, 1.82) is 0 Å². The van der Waals surface area contributed by atoms with E-state index in [4.69, 9.17) is 15.2 Å². The Balaban J connectivity index is 1.82. The van der Waals surface area contributed by atoms with E-state index in [-0.39, 0.29) is 34.9 Å². The summed E-state index contributed by atoms with van der Waals surface area (Å²) in [5.74, 6) is -0.533. The van der Waals surface area contributed by atoms with E-state index in [2.05, 4.69) is 9.97 Å². The smallest absolute Gasteiger partial charge is 0.317 e. The zero-order valence-corrected chi connectivity index (χ0v) is 17.4. The van der Waals surface area contributed by atoms with E-state index in [9.17, 15) is 13.2 Å². The van der Waals surface area contributed by atoms with Crippen molar-refractivity contribution in [3.63, 3.8) is 0 Å². The molecule has 29 heavy (non-hydrogen) atoms. The summed E-state index contributed by atoms with van der Waals surface area (Å²) in [5, 5.41) is 0. The Morgan fingerprint density at radius 3 is 2.52 bits per heavy atom. The maximum atomic E-state index is 13.1. The molecule has 0 spiro atoms. The number of carbonyl (C=O) groups is 1. The molecule has 9 nitrogen and oxygen atoms in total. The van der Waals surface area contributed by atoms with E-state index in [1.54, 1.807) is 0 Å². The molecule has 0 aliphatic carbocycles. The maximum Gasteiger partial charge on any atom is 0.317 e. The number of piperidine rings is 1. The maximum absolute atomic E-state index is 13.1. The molecule has 0 bridgehead atoms. The lowest BCUT2D eigenvalue weighted by Crippen LogP contribution is -2.44. The fourth-order valence-electron chi connectivity index (χ4n) is 3.30. The van der Waals surface area contributed by atoms with Crippen LogP contribution in [0, 0.1) is 13.8 Å². The number of hydrogen-bond acceptors (Lipinski definition) is 7. The largest absolute Gasteiger partial charge is 0.496 e. The summed E-state index contributed by atoms with van der Waals surface area (Å²) < 4.78 is 38.5. The zero-order valence-electron chi connectivity index (χ0n) is 16.6. The molecule has 1 aliphatic rings. The van der Waals surface area contributed by atoms with Crippen molar-refractivity contribution in [2.75, 3.05) is 20.2 Å². The lowest BCUT2D eigenvalue weighted by Gasteiger charge is -2.31. The van der Waals surface area contributed by atoms with Gasteiger partial charge in [-0.05, 0) is 51.0 Å². The minimum Gasteiger partial charge on any atom is -0.496 e. The number of rotatable bonds is 6. The van der Waals surface area contributed by atoms with Crippen LogP contribution in [-0.2, 0) is 10.0 Å². The van der Waals surface area contributed by atoms with E-state index in [0.29, 0.717) is 19.4 Å². The van der Waals surface area contributed by atoms with Crippen molar-refractivity contribution < 1.29 is 22.7 Å². The first-order chi connectivity index (χ1) is 13.7. The lowest BCUT2D eigenvalue weighted by atomic mass is 10.1. The first-order valence-electron chi connectivity index (χ1n) is 9.17. The minimum atomic E-state index is -3.84. The molecule has 10 heteroatoms. The van der Waals surface area contributed by atoms with Gasteiger partial charge in [-0.1, -0.05) is 0 Å². The topological polar surface area (TPSA) is 125 Å². The van der Waals surface area contributed by atoms with Gasteiger partial charge in [0.25, 0.3) is 5.91 Å². The predicted molar refractivity (Wildman–Crippen MR) is 105 cm³/mol. The van der Waals surface area contributed by atoms with Crippen molar-refractivity contribution in [1.82, 2.24) is 14.3 Å². The third-order valence-electron chi connectivity index (χ3n) is 4.65. The van der Waals surface area contributed by atoms with Crippen molar-refractivity contribution in [2.24, 2.45) is 5.73 Å². The summed E-state index contributed by atoms with van der Waals surface area (Å²) in [6.45, 7) is 4.21. The molecule has 1 aromatic heterocycles. The first kappa shape index (κ1) is 21.0. The molecule has 1 aliphatic heterocycles. The van der Waals surface area contributed by atoms with Crippen LogP contribution in [0.2, 0.25) is 0 Å². The van der Waals surface area contributed by atoms with Gasteiger partial charge in [-0.2, -0.15) is 4.31 Å². The third kappa shape index (κ3) is 4.65. The molecule has 2 heterocycles. The Kier molecular flexibility index (Phi) is 6.04. The van der Waals surface area contributed by atoms with E-state index < -0.39 is 15.9 Å². The summed E-state index contributed by atoms with van der Waals surface area (Å²) in [7, 11) is -2.45. The molecular weight excluding hydrogens is 396 g/mol. The number of hydrogen-bond donors (Lipinski definition) is 1. The van der Waals surface area contributed by atoms with E-state index in [1.165, 1.54) is 29.6 Å². The summed E-state index contributed by atoms with van der Waals surface area (Å²) >= 11 is 0. The molecule has 0 saturated carbocycles. The highest BCUT2D eigenvalue weighted by Gasteiger charge is 2.32. The second-order valence-electron chi connectivity index (χ2n) is 6.90. The van der Waals surface area contributed by atoms with Crippen LogP contribution in [0.15, 0.2) is 29.2 Å². The van der Waals surface area contributed by atoms with Crippen molar-refractivity contribution in [3.8, 4) is 11.8 Å². The van der Waals surface area contributed by atoms with Crippen LogP contribution in [0.3, 0.4) is 0 Å². The van der Waals surface area contributed by atoms with Crippen LogP contribution >= 0.6 is 0 Å². The van der Waals surface area contributed by atoms with Crippen LogP contribution < -0.4 is 15.2 Å². The number of benzene rings is 1. The predicted octanol–water partition coefficient (Wildman–Crippen LogP) is 1.43. The first-order valence-corrected chi connectivity index (χ1v) is 10.6. The fraction of sp³-hybridized carbons (Fsp3) is 0.421. The lowest BCUT2D eigenvalue weighted by molar-refractivity contribution is 0.0997. The Labute approximate surface area is 169 Å². The van der Waals surface area contributed by atoms with Gasteiger partial charge in [-0.15, -0.1) is 0 Å². The normalized spacial score (nSPS) is 17.7. The van der Waals surface area contributed by atoms with Crippen molar-refractivity contribution >= 4 is 15.9 Å². The molecule has 156 valence electrons. The Morgan fingerprint density at radius 1 is 1.21 bits per heavy atom. The number of carbonyl (C=O) groups excluding carboxylic acids is 1. The van der Waals surface area contributed by atoms with Gasteiger partial charge in [0, 0.05) is 17.9 Å². The van der Waals surface area contributed by atoms with Gasteiger partial charge < -0.3 is 15.2 Å². The van der Waals surface area contributed by atoms with E-state index in [1.807, 2.05) is 19.9 Å². The molecule has 1 aromatic carbocycles. The third-order valence-corrected chi connectivity index (χ3v) is 6.51. The van der Waals surface area contributed by atoms with Gasteiger partial charge in [-0.25, -0.2) is 18.4 Å². The van der Waals surface area contributed by atoms with Gasteiger partial charge in [0.05, 0.1) is 24.1 Å². The molecule has 1 amide bonds. The second kappa shape index (κ2) is 8.34. The Morgan fingerprint density at radius 2 is 1.90 bits per heavy atom. The second-order valence-corrected chi connectivity index (χ2v) is 8.84. The standard InChI is InChI=1S/C19H24N4O5S/c1-12-9-13(2)22-19(21-12)28-14-5-4-8-23(11-14)29(25,26)15-6-7-17(27-3)16(10-15)18(20)24/h6-7,9-10,14H,4-5,8,11H2,1-3H3,(H2,20,24). The monoisotopic (exact) mass is 420 g/mol. The summed E-state index contributed by atoms with van der Waals surface area (Å²) in [6, 6.07) is 6.15. The van der Waals surface area contributed by atoms with Crippen LogP contribution in [0.4, 0.5) is 0 Å². The molecule has 3 rings (SSSR count). The summed E-state index contributed by atoms with van der Waals surface area (Å²) in [4.78, 5) is 20.1. The quantitative estimate of drug-likeness (QED) is 0.749. The molecule has 0 radical (unpaired) electrons. The van der Waals surface area contributed by atoms with Crippen LogP contribution in [0.1, 0.15) is 34.6 Å². The number of methoxy groups -OCH3 is 1. The number of nitrogens with two attached hydrogens (primary N) is 1. The van der Waals surface area contributed by atoms with Crippen LogP contribution in [-0.4, -0.2) is 54.9 Å². The van der Waals surface area contributed by atoms with Gasteiger partial charge in [0.1, 0.15) is 11.9 Å². The van der Waals surface area contributed by atoms with Crippen molar-refractivity contribution in [3.05, 3.63) is 41.2 Å². The molecule has 2 aromatic rings. The number of sulfonamides is 1. The minimum absolute atomic E-state index is 0.0158. The number of amides is 1. The highest BCUT2D eigenvalue weighted by atomic mass is 32.2. The van der Waals surface area contributed by atoms with Crippen LogP contribution in [0.5, 0.6) is 11.8 Å². The van der Waals surface area contributed by atoms with Gasteiger partial charge in [0.2, 0.25) is 10.0 Å². The number of aryl methyl sites for hydroxylation is 2. The average molecular weight is 420 g/mol. The number of primary amides is 1. The molecule has 1 unspecified atom stereocenters. The van der Waals surface area contributed by atoms with Gasteiger partial charge in [0.15, 0.2) is 0 Å². The SMILES string of the molecule is COc1ccc(S(=O)(=O)N2CCCC(Oc3nc(C)cc(C)n3)C2)cc1C(N)=O. The van der Waals surface area contributed by atoms with E-state index >= 15 is 0 Å². The van der Waals surface area contributed by atoms with Crippen molar-refractivity contribution in [2.45, 2.75) is 37.7 Å². The van der Waals surface area contributed by atoms with Gasteiger partial charge >= 0.3 is 6.01 Å². The average Bonchev–Trinajstić information content (AvgIpc) is 2.66. The highest BCUT2D eigenvalue weighted by Crippen LogP contribution is 2.27. The molecule has 1 atom stereocenters. The molecule has 2 N–H and O–H groups in total.